The van der Waals surface area contributed by atoms with Gasteiger partial charge in [0.1, 0.15) is 5.82 Å². The highest BCUT2D eigenvalue weighted by molar-refractivity contribution is 5.75. The first-order valence-corrected chi connectivity index (χ1v) is 6.63. The van der Waals surface area contributed by atoms with Crippen molar-refractivity contribution in [3.05, 3.63) is 30.1 Å². The molecule has 0 saturated carbocycles. The molecule has 4 heteroatoms. The smallest absolute Gasteiger partial charge is 0.123 e. The fraction of sp³-hybridized carbons (Fsp3) is 0.500. The van der Waals surface area contributed by atoms with Crippen LogP contribution in [0.5, 0.6) is 0 Å². The van der Waals surface area contributed by atoms with Crippen LogP contribution in [0.25, 0.3) is 11.0 Å². The van der Waals surface area contributed by atoms with Gasteiger partial charge in [-0.3, -0.25) is 0 Å². The second kappa shape index (κ2) is 5.08. The molecule has 1 aromatic heterocycles. The Kier molecular flexibility index (Phi) is 3.30. The van der Waals surface area contributed by atoms with Gasteiger partial charge in [0.2, 0.25) is 0 Å². The summed E-state index contributed by atoms with van der Waals surface area (Å²) in [7, 11) is 0. The second-order valence-corrected chi connectivity index (χ2v) is 4.70. The molecule has 1 N–H and O–H groups in total. The van der Waals surface area contributed by atoms with E-state index in [2.05, 4.69) is 35.0 Å². The zero-order chi connectivity index (χ0) is 12.4. The third-order valence-corrected chi connectivity index (χ3v) is 3.53. The Balaban J connectivity index is 1.81. The van der Waals surface area contributed by atoms with Gasteiger partial charge >= 0.3 is 0 Å². The molecule has 1 saturated heterocycles. The molecule has 1 aromatic carbocycles. The number of aromatic nitrogens is 2. The van der Waals surface area contributed by atoms with Crippen molar-refractivity contribution in [3.63, 3.8) is 0 Å². The van der Waals surface area contributed by atoms with E-state index in [1.54, 1.807) is 0 Å². The lowest BCUT2D eigenvalue weighted by Gasteiger charge is -2.11. The largest absolute Gasteiger partial charge is 0.380 e. The molecule has 1 aliphatic rings. The predicted octanol–water partition coefficient (Wildman–Crippen LogP) is 1.93. The van der Waals surface area contributed by atoms with Crippen molar-refractivity contribution in [2.45, 2.75) is 32.5 Å². The number of nitrogens with zero attached hydrogens (tertiary/aromatic N) is 2. The average molecular weight is 245 g/mol. The van der Waals surface area contributed by atoms with Crippen molar-refractivity contribution in [3.8, 4) is 0 Å². The number of hydrogen-bond acceptors (Lipinski definition) is 3. The van der Waals surface area contributed by atoms with Crippen LogP contribution in [0.1, 0.15) is 19.2 Å². The molecular weight excluding hydrogens is 226 g/mol. The number of aryl methyl sites for hydroxylation is 1. The van der Waals surface area contributed by atoms with Gasteiger partial charge in [0.25, 0.3) is 0 Å². The van der Waals surface area contributed by atoms with Crippen LogP contribution in [-0.4, -0.2) is 28.8 Å². The normalized spacial score (nSPS) is 19.7. The lowest BCUT2D eigenvalue weighted by atomic mass is 10.2. The van der Waals surface area contributed by atoms with Crippen LogP contribution in [0, 0.1) is 0 Å². The molecule has 1 fully saturated rings. The van der Waals surface area contributed by atoms with Gasteiger partial charge < -0.3 is 14.6 Å². The van der Waals surface area contributed by atoms with Crippen LogP contribution < -0.4 is 5.32 Å². The molecule has 0 spiro atoms. The van der Waals surface area contributed by atoms with E-state index in [1.807, 2.05) is 6.07 Å². The molecule has 0 bridgehead atoms. The Bertz CT molecular complexity index is 529. The van der Waals surface area contributed by atoms with Gasteiger partial charge in [-0.25, -0.2) is 4.98 Å². The minimum Gasteiger partial charge on any atom is -0.380 e. The van der Waals surface area contributed by atoms with Gasteiger partial charge in [-0.15, -0.1) is 0 Å². The first-order valence-electron chi connectivity index (χ1n) is 6.63. The van der Waals surface area contributed by atoms with E-state index in [4.69, 9.17) is 9.72 Å². The monoisotopic (exact) mass is 245 g/mol. The predicted molar refractivity (Wildman–Crippen MR) is 71.5 cm³/mol. The van der Waals surface area contributed by atoms with Crippen molar-refractivity contribution in [2.75, 3.05) is 13.2 Å². The highest BCUT2D eigenvalue weighted by Crippen LogP contribution is 2.16. The van der Waals surface area contributed by atoms with Crippen molar-refractivity contribution in [2.24, 2.45) is 0 Å². The summed E-state index contributed by atoms with van der Waals surface area (Å²) in [5.41, 5.74) is 2.30. The van der Waals surface area contributed by atoms with E-state index < -0.39 is 0 Å². The van der Waals surface area contributed by atoms with Crippen molar-refractivity contribution >= 4 is 11.0 Å². The minimum atomic E-state index is 0.482. The topological polar surface area (TPSA) is 39.1 Å². The fourth-order valence-corrected chi connectivity index (χ4v) is 2.54. The van der Waals surface area contributed by atoms with Crippen molar-refractivity contribution in [1.29, 1.82) is 0 Å². The van der Waals surface area contributed by atoms with Crippen molar-refractivity contribution in [1.82, 2.24) is 14.9 Å². The Morgan fingerprint density at radius 1 is 1.44 bits per heavy atom. The van der Waals surface area contributed by atoms with E-state index in [0.717, 1.165) is 44.1 Å². The molecular formula is C14H19N3O. The highest BCUT2D eigenvalue weighted by Gasteiger charge is 2.16. The van der Waals surface area contributed by atoms with Crippen LogP contribution in [0.3, 0.4) is 0 Å². The van der Waals surface area contributed by atoms with E-state index in [0.29, 0.717) is 6.04 Å². The quantitative estimate of drug-likeness (QED) is 0.894. The molecule has 4 nitrogen and oxygen atoms in total. The number of nitrogens with one attached hydrogen (secondary N) is 1. The number of imidazole rings is 1. The lowest BCUT2D eigenvalue weighted by Crippen LogP contribution is -2.29. The van der Waals surface area contributed by atoms with Gasteiger partial charge in [-0.1, -0.05) is 12.1 Å². The molecule has 2 aromatic rings. The highest BCUT2D eigenvalue weighted by atomic mass is 16.5. The summed E-state index contributed by atoms with van der Waals surface area (Å²) in [6.45, 7) is 5.64. The SMILES string of the molecule is CCn1c(CNC2CCOC2)nc2ccccc21. The van der Waals surface area contributed by atoms with Gasteiger partial charge in [0, 0.05) is 19.2 Å². The number of para-hydroxylation sites is 2. The summed E-state index contributed by atoms with van der Waals surface area (Å²) in [5, 5.41) is 3.53. The summed E-state index contributed by atoms with van der Waals surface area (Å²) in [6.07, 6.45) is 1.10. The summed E-state index contributed by atoms with van der Waals surface area (Å²) < 4.78 is 7.65. The van der Waals surface area contributed by atoms with Gasteiger partial charge in [0.15, 0.2) is 0 Å². The molecule has 3 rings (SSSR count). The zero-order valence-electron chi connectivity index (χ0n) is 10.7. The van der Waals surface area contributed by atoms with Crippen LogP contribution in [-0.2, 0) is 17.8 Å². The van der Waals surface area contributed by atoms with E-state index in [-0.39, 0.29) is 0 Å². The maximum atomic E-state index is 5.37. The summed E-state index contributed by atoms with van der Waals surface area (Å²) in [4.78, 5) is 4.70. The Morgan fingerprint density at radius 3 is 3.11 bits per heavy atom. The first kappa shape index (κ1) is 11.7. The zero-order valence-corrected chi connectivity index (χ0v) is 10.7. The molecule has 1 unspecified atom stereocenters. The van der Waals surface area contributed by atoms with E-state index >= 15 is 0 Å². The maximum Gasteiger partial charge on any atom is 0.123 e. The molecule has 0 amide bonds. The van der Waals surface area contributed by atoms with Crippen LogP contribution in [0.15, 0.2) is 24.3 Å². The van der Waals surface area contributed by atoms with E-state index in [1.165, 1.54) is 5.52 Å². The van der Waals surface area contributed by atoms with Gasteiger partial charge in [0.05, 0.1) is 24.2 Å². The number of benzene rings is 1. The fourth-order valence-electron chi connectivity index (χ4n) is 2.54. The summed E-state index contributed by atoms with van der Waals surface area (Å²) >= 11 is 0. The van der Waals surface area contributed by atoms with Gasteiger partial charge in [-0.05, 0) is 25.5 Å². The van der Waals surface area contributed by atoms with Gasteiger partial charge in [-0.2, -0.15) is 0 Å². The minimum absolute atomic E-state index is 0.482. The lowest BCUT2D eigenvalue weighted by molar-refractivity contribution is 0.189. The Labute approximate surface area is 107 Å². The third kappa shape index (κ3) is 2.13. The van der Waals surface area contributed by atoms with Crippen LogP contribution in [0.2, 0.25) is 0 Å². The first-order chi connectivity index (χ1) is 8.88. The number of hydrogen-bond donors (Lipinski definition) is 1. The number of rotatable bonds is 4. The second-order valence-electron chi connectivity index (χ2n) is 4.70. The molecule has 1 aliphatic heterocycles. The number of ether oxygens (including phenoxy) is 1. The van der Waals surface area contributed by atoms with E-state index in [9.17, 15) is 0 Å². The standard InChI is InChI=1S/C14H19N3O/c1-2-17-13-6-4-3-5-12(13)16-14(17)9-15-11-7-8-18-10-11/h3-6,11,15H,2,7-10H2,1H3. The number of fused-ring (bicyclic) bond motifs is 1. The molecule has 2 heterocycles. The maximum absolute atomic E-state index is 5.37. The molecule has 96 valence electrons. The molecule has 1 atom stereocenters. The molecule has 0 radical (unpaired) electrons. The summed E-state index contributed by atoms with van der Waals surface area (Å²) in [5.74, 6) is 1.12. The molecule has 0 aliphatic carbocycles. The van der Waals surface area contributed by atoms with Crippen LogP contribution >= 0.6 is 0 Å². The van der Waals surface area contributed by atoms with Crippen molar-refractivity contribution < 1.29 is 4.74 Å². The third-order valence-electron chi connectivity index (χ3n) is 3.53. The molecule has 18 heavy (non-hydrogen) atoms. The van der Waals surface area contributed by atoms with Crippen LogP contribution in [0.4, 0.5) is 0 Å². The average Bonchev–Trinajstić information content (AvgIpc) is 3.03. The summed E-state index contributed by atoms with van der Waals surface area (Å²) in [6, 6.07) is 8.79. The Morgan fingerprint density at radius 2 is 2.33 bits per heavy atom. The Hall–Kier alpha value is -1.39.